The summed E-state index contributed by atoms with van der Waals surface area (Å²) in [5, 5.41) is 10.7. The third-order valence-electron chi connectivity index (χ3n) is 3.50. The predicted octanol–water partition coefficient (Wildman–Crippen LogP) is 3.23. The Kier molecular flexibility index (Phi) is 5.07. The van der Waals surface area contributed by atoms with Gasteiger partial charge in [0, 0.05) is 20.0 Å². The van der Waals surface area contributed by atoms with E-state index in [1.807, 2.05) is 59.5 Å². The van der Waals surface area contributed by atoms with Crippen molar-refractivity contribution in [2.45, 2.75) is 13.0 Å². The highest BCUT2D eigenvalue weighted by atomic mass is 32.1. The summed E-state index contributed by atoms with van der Waals surface area (Å²) in [5.41, 5.74) is 3.77. The number of benzene rings is 1. The number of hydrogen-bond donors (Lipinski definition) is 2. The van der Waals surface area contributed by atoms with Crippen molar-refractivity contribution in [3.63, 3.8) is 0 Å². The van der Waals surface area contributed by atoms with Crippen LogP contribution in [0.15, 0.2) is 47.8 Å². The molecule has 24 heavy (non-hydrogen) atoms. The van der Waals surface area contributed by atoms with Crippen LogP contribution in [0, 0.1) is 4.77 Å². The molecule has 0 saturated carbocycles. The Morgan fingerprint density at radius 1 is 1.33 bits per heavy atom. The first-order valence-electron chi connectivity index (χ1n) is 7.42. The van der Waals surface area contributed by atoms with Crippen LogP contribution in [0.5, 0.6) is 0 Å². The van der Waals surface area contributed by atoms with Crippen LogP contribution in [0.1, 0.15) is 6.42 Å². The minimum Gasteiger partial charge on any atom is -0.299 e. The van der Waals surface area contributed by atoms with Gasteiger partial charge < -0.3 is 0 Å². The van der Waals surface area contributed by atoms with E-state index in [9.17, 15) is 4.79 Å². The molecule has 3 rings (SSSR count). The van der Waals surface area contributed by atoms with Crippen LogP contribution in [0.25, 0.3) is 10.7 Å². The third kappa shape index (κ3) is 3.72. The average molecular weight is 359 g/mol. The fraction of sp³-hybridized carbons (Fsp3) is 0.188. The molecule has 0 radical (unpaired) electrons. The molecule has 6 nitrogen and oxygen atoms in total. The summed E-state index contributed by atoms with van der Waals surface area (Å²) in [6.07, 6.45) is 0.309. The van der Waals surface area contributed by atoms with Crippen molar-refractivity contribution in [3.05, 3.63) is 52.6 Å². The van der Waals surface area contributed by atoms with Crippen molar-refractivity contribution in [2.24, 2.45) is 0 Å². The van der Waals surface area contributed by atoms with Gasteiger partial charge in [-0.2, -0.15) is 5.10 Å². The Balaban J connectivity index is 1.63. The van der Waals surface area contributed by atoms with Crippen LogP contribution in [0.2, 0.25) is 0 Å². The number of aromatic nitrogens is 3. The van der Waals surface area contributed by atoms with E-state index in [2.05, 4.69) is 15.6 Å². The van der Waals surface area contributed by atoms with Crippen molar-refractivity contribution < 1.29 is 4.79 Å². The number of H-pyrrole nitrogens is 1. The number of rotatable bonds is 6. The summed E-state index contributed by atoms with van der Waals surface area (Å²) in [5.74, 6) is 0.681. The molecule has 0 fully saturated rings. The minimum absolute atomic E-state index is 0.0819. The standard InChI is InChI=1S/C16H17N5OS2/c1-20(12-6-3-2-4-7-12)19-14(22)9-10-21-15(17-18-16(21)23)13-8-5-11-24-13/h2-8,11H,9-10H2,1H3,(H,18,23)(H,19,22). The van der Waals surface area contributed by atoms with Crippen molar-refractivity contribution in [2.75, 3.05) is 12.1 Å². The lowest BCUT2D eigenvalue weighted by atomic mass is 10.3. The van der Waals surface area contributed by atoms with Gasteiger partial charge in [0.25, 0.3) is 0 Å². The largest absolute Gasteiger partial charge is 0.299 e. The molecule has 2 aromatic heterocycles. The Labute approximate surface area is 148 Å². The molecule has 8 heteroatoms. The molecule has 124 valence electrons. The Bertz CT molecular complexity index is 854. The van der Waals surface area contributed by atoms with E-state index in [0.29, 0.717) is 17.7 Å². The van der Waals surface area contributed by atoms with Crippen molar-refractivity contribution in [1.82, 2.24) is 20.2 Å². The Morgan fingerprint density at radius 2 is 2.12 bits per heavy atom. The van der Waals surface area contributed by atoms with Crippen molar-refractivity contribution >= 4 is 35.1 Å². The van der Waals surface area contributed by atoms with Crippen molar-refractivity contribution in [3.8, 4) is 10.7 Å². The summed E-state index contributed by atoms with van der Waals surface area (Å²) in [4.78, 5) is 13.2. The van der Waals surface area contributed by atoms with E-state index >= 15 is 0 Å². The van der Waals surface area contributed by atoms with E-state index in [-0.39, 0.29) is 5.91 Å². The van der Waals surface area contributed by atoms with E-state index in [0.717, 1.165) is 16.4 Å². The highest BCUT2D eigenvalue weighted by Gasteiger charge is 2.12. The SMILES string of the molecule is CN(NC(=O)CCn1c(-c2cccs2)n[nH]c1=S)c1ccccc1. The average Bonchev–Trinajstić information content (AvgIpc) is 3.23. The number of anilines is 1. The summed E-state index contributed by atoms with van der Waals surface area (Å²) >= 11 is 6.86. The maximum Gasteiger partial charge on any atom is 0.240 e. The summed E-state index contributed by atoms with van der Waals surface area (Å²) in [7, 11) is 1.81. The molecule has 0 atom stereocenters. The van der Waals surface area contributed by atoms with Crippen LogP contribution < -0.4 is 10.4 Å². The number of para-hydroxylation sites is 1. The fourth-order valence-electron chi connectivity index (χ4n) is 2.29. The first-order chi connectivity index (χ1) is 11.6. The molecule has 2 heterocycles. The lowest BCUT2D eigenvalue weighted by Gasteiger charge is -2.20. The zero-order chi connectivity index (χ0) is 16.9. The first kappa shape index (κ1) is 16.4. The zero-order valence-electron chi connectivity index (χ0n) is 13.1. The van der Waals surface area contributed by atoms with Gasteiger partial charge in [0.1, 0.15) is 0 Å². The van der Waals surface area contributed by atoms with Crippen LogP contribution >= 0.6 is 23.6 Å². The number of aromatic amines is 1. The van der Waals surface area contributed by atoms with Gasteiger partial charge >= 0.3 is 0 Å². The number of thiophene rings is 1. The van der Waals surface area contributed by atoms with Gasteiger partial charge in [0.05, 0.1) is 10.6 Å². The smallest absolute Gasteiger partial charge is 0.240 e. The molecule has 1 aromatic carbocycles. The van der Waals surface area contributed by atoms with Gasteiger partial charge in [-0.15, -0.1) is 11.3 Å². The molecule has 3 aromatic rings. The highest BCUT2D eigenvalue weighted by molar-refractivity contribution is 7.71. The number of hydrogen-bond acceptors (Lipinski definition) is 5. The molecule has 0 spiro atoms. The van der Waals surface area contributed by atoms with Crippen LogP contribution in [0.3, 0.4) is 0 Å². The molecule has 0 unspecified atom stereocenters. The molecule has 0 aliphatic heterocycles. The molecule has 1 amide bonds. The third-order valence-corrected chi connectivity index (χ3v) is 4.68. The van der Waals surface area contributed by atoms with Crippen LogP contribution in [0.4, 0.5) is 5.69 Å². The van der Waals surface area contributed by atoms with E-state index in [1.165, 1.54) is 0 Å². The van der Waals surface area contributed by atoms with Gasteiger partial charge in [-0.1, -0.05) is 24.3 Å². The van der Waals surface area contributed by atoms with Crippen molar-refractivity contribution in [1.29, 1.82) is 0 Å². The zero-order valence-corrected chi connectivity index (χ0v) is 14.7. The Hall–Kier alpha value is -2.45. The van der Waals surface area contributed by atoms with Crippen LogP contribution in [-0.2, 0) is 11.3 Å². The lowest BCUT2D eigenvalue weighted by Crippen LogP contribution is -2.39. The number of nitrogens with one attached hydrogen (secondary N) is 2. The topological polar surface area (TPSA) is 66.0 Å². The molecule has 0 bridgehead atoms. The Morgan fingerprint density at radius 3 is 2.83 bits per heavy atom. The van der Waals surface area contributed by atoms with E-state index in [1.54, 1.807) is 16.3 Å². The summed E-state index contributed by atoms with van der Waals surface area (Å²) in [6, 6.07) is 13.6. The number of hydrazine groups is 1. The second kappa shape index (κ2) is 7.41. The number of amides is 1. The van der Waals surface area contributed by atoms with Gasteiger partial charge in [0.2, 0.25) is 5.91 Å². The van der Waals surface area contributed by atoms with E-state index < -0.39 is 0 Å². The molecule has 0 aliphatic rings. The van der Waals surface area contributed by atoms with E-state index in [4.69, 9.17) is 12.2 Å². The quantitative estimate of drug-likeness (QED) is 0.524. The number of carbonyl (C=O) groups is 1. The fourth-order valence-corrected chi connectivity index (χ4v) is 3.24. The molecule has 2 N–H and O–H groups in total. The van der Waals surface area contributed by atoms with Gasteiger partial charge in [-0.05, 0) is 35.8 Å². The first-order valence-corrected chi connectivity index (χ1v) is 8.71. The summed E-state index contributed by atoms with van der Waals surface area (Å²) in [6.45, 7) is 0.469. The molecular weight excluding hydrogens is 342 g/mol. The van der Waals surface area contributed by atoms with Gasteiger partial charge in [-0.25, -0.2) is 0 Å². The molecular formula is C16H17N5OS2. The van der Waals surface area contributed by atoms with Gasteiger partial charge in [-0.3, -0.25) is 24.9 Å². The maximum absolute atomic E-state index is 12.2. The lowest BCUT2D eigenvalue weighted by molar-refractivity contribution is -0.121. The number of nitrogens with zero attached hydrogens (tertiary/aromatic N) is 3. The predicted molar refractivity (Wildman–Crippen MR) is 98.3 cm³/mol. The second-order valence-corrected chi connectivity index (χ2v) is 6.50. The normalized spacial score (nSPS) is 10.5. The minimum atomic E-state index is -0.0819. The molecule has 0 saturated heterocycles. The second-order valence-electron chi connectivity index (χ2n) is 5.16. The maximum atomic E-state index is 12.2. The highest BCUT2D eigenvalue weighted by Crippen LogP contribution is 2.22. The molecule has 0 aliphatic carbocycles. The van der Waals surface area contributed by atoms with Gasteiger partial charge in [0.15, 0.2) is 10.6 Å². The number of carbonyl (C=O) groups excluding carboxylic acids is 1. The van der Waals surface area contributed by atoms with Crippen LogP contribution in [-0.4, -0.2) is 27.7 Å². The summed E-state index contributed by atoms with van der Waals surface area (Å²) < 4.78 is 2.37. The monoisotopic (exact) mass is 359 g/mol.